The van der Waals surface area contributed by atoms with Crippen molar-refractivity contribution in [3.8, 4) is 5.88 Å². The Morgan fingerprint density at radius 2 is 2.09 bits per heavy atom. The van der Waals surface area contributed by atoms with E-state index in [-0.39, 0.29) is 11.9 Å². The summed E-state index contributed by atoms with van der Waals surface area (Å²) in [4.78, 5) is 9.75. The van der Waals surface area contributed by atoms with Crippen molar-refractivity contribution < 1.29 is 5.11 Å². The molecule has 0 aliphatic heterocycles. The fraction of sp³-hybridized carbons (Fsp3) is 0.467. The predicted octanol–water partition coefficient (Wildman–Crippen LogP) is 3.55. The van der Waals surface area contributed by atoms with Crippen LogP contribution in [-0.2, 0) is 6.42 Å². The van der Waals surface area contributed by atoms with Gasteiger partial charge in [-0.3, -0.25) is 4.90 Å². The van der Waals surface area contributed by atoms with E-state index in [1.54, 1.807) is 15.9 Å². The van der Waals surface area contributed by atoms with Gasteiger partial charge < -0.3 is 5.11 Å². The summed E-state index contributed by atoms with van der Waals surface area (Å²) in [5.41, 5.74) is 0. The molecule has 0 amide bonds. The van der Waals surface area contributed by atoms with Crippen molar-refractivity contribution in [2.75, 3.05) is 13.1 Å². The van der Waals surface area contributed by atoms with Crippen LogP contribution < -0.4 is 0 Å². The lowest BCUT2D eigenvalue weighted by atomic mass is 10.1. The molecule has 3 aromatic heterocycles. The molecule has 7 heteroatoms. The average molecular weight is 336 g/mol. The van der Waals surface area contributed by atoms with Gasteiger partial charge in [0.25, 0.3) is 0 Å². The second-order valence-corrected chi connectivity index (χ2v) is 6.99. The number of hydrogen-bond donors (Lipinski definition) is 1. The number of nitrogens with zero attached hydrogens (tertiary/aromatic N) is 4. The van der Waals surface area contributed by atoms with Crippen molar-refractivity contribution in [1.82, 2.24) is 19.5 Å². The minimum absolute atomic E-state index is 0.0635. The standard InChI is InChI=1S/C15H20N4OS2/c1-4-11-16-15-19(17-11)14(20)13(22-15)12(18(5-2)6-3)10-8-7-9-21-10/h7-9,12,20H,4-6H2,1-3H3. The summed E-state index contributed by atoms with van der Waals surface area (Å²) >= 11 is 3.25. The quantitative estimate of drug-likeness (QED) is 0.748. The van der Waals surface area contributed by atoms with E-state index in [0.717, 1.165) is 35.2 Å². The first-order valence-electron chi connectivity index (χ1n) is 7.54. The van der Waals surface area contributed by atoms with Crippen LogP contribution >= 0.6 is 22.7 Å². The molecule has 0 saturated carbocycles. The molecule has 1 N–H and O–H groups in total. The number of aromatic hydroxyl groups is 1. The number of hydrogen-bond acceptors (Lipinski definition) is 6. The predicted molar refractivity (Wildman–Crippen MR) is 91.0 cm³/mol. The fourth-order valence-corrected chi connectivity index (χ4v) is 4.70. The molecule has 22 heavy (non-hydrogen) atoms. The van der Waals surface area contributed by atoms with Crippen molar-refractivity contribution in [3.05, 3.63) is 33.1 Å². The Morgan fingerprint density at radius 1 is 1.32 bits per heavy atom. The third-order valence-corrected chi connectivity index (χ3v) is 5.80. The molecule has 0 spiro atoms. The van der Waals surface area contributed by atoms with E-state index in [4.69, 9.17) is 0 Å². The zero-order chi connectivity index (χ0) is 15.7. The molecule has 0 aliphatic carbocycles. The maximum atomic E-state index is 10.7. The number of fused-ring (bicyclic) bond motifs is 1. The molecule has 1 atom stereocenters. The molecular weight excluding hydrogens is 316 g/mol. The lowest BCUT2D eigenvalue weighted by Crippen LogP contribution is -2.28. The smallest absolute Gasteiger partial charge is 0.230 e. The summed E-state index contributed by atoms with van der Waals surface area (Å²) in [6.07, 6.45) is 0.771. The van der Waals surface area contributed by atoms with Gasteiger partial charge in [0.2, 0.25) is 10.8 Å². The van der Waals surface area contributed by atoms with E-state index in [1.165, 1.54) is 16.2 Å². The molecule has 0 fully saturated rings. The van der Waals surface area contributed by atoms with Crippen LogP contribution in [0.5, 0.6) is 5.88 Å². The SMILES string of the molecule is CCc1nc2sc(C(c3cccs3)N(CC)CC)c(O)n2n1. The minimum Gasteiger partial charge on any atom is -0.492 e. The van der Waals surface area contributed by atoms with E-state index < -0.39 is 0 Å². The van der Waals surface area contributed by atoms with Crippen LogP contribution in [0.1, 0.15) is 42.4 Å². The molecule has 3 rings (SSSR count). The lowest BCUT2D eigenvalue weighted by molar-refractivity contribution is 0.251. The molecule has 1 unspecified atom stereocenters. The van der Waals surface area contributed by atoms with Gasteiger partial charge in [0.15, 0.2) is 5.82 Å². The molecule has 0 bridgehead atoms. The molecule has 3 heterocycles. The number of thiophene rings is 1. The Hall–Kier alpha value is -1.44. The molecule has 0 radical (unpaired) electrons. The maximum absolute atomic E-state index is 10.7. The van der Waals surface area contributed by atoms with Crippen molar-refractivity contribution in [3.63, 3.8) is 0 Å². The van der Waals surface area contributed by atoms with Crippen LogP contribution in [-0.4, -0.2) is 37.7 Å². The highest BCUT2D eigenvalue weighted by Gasteiger charge is 2.28. The minimum atomic E-state index is 0.0635. The van der Waals surface area contributed by atoms with Crippen molar-refractivity contribution >= 4 is 27.6 Å². The van der Waals surface area contributed by atoms with Crippen LogP contribution in [0.2, 0.25) is 0 Å². The van der Waals surface area contributed by atoms with Gasteiger partial charge in [-0.1, -0.05) is 38.2 Å². The third kappa shape index (κ3) is 2.53. The monoisotopic (exact) mass is 336 g/mol. The first-order chi connectivity index (χ1) is 10.7. The van der Waals surface area contributed by atoms with Gasteiger partial charge >= 0.3 is 0 Å². The Labute approximate surface area is 137 Å². The fourth-order valence-electron chi connectivity index (χ4n) is 2.63. The second-order valence-electron chi connectivity index (χ2n) is 5.01. The zero-order valence-electron chi connectivity index (χ0n) is 13.0. The van der Waals surface area contributed by atoms with Crippen LogP contribution in [0.4, 0.5) is 0 Å². The molecule has 118 valence electrons. The van der Waals surface area contributed by atoms with Crippen molar-refractivity contribution in [2.24, 2.45) is 0 Å². The summed E-state index contributed by atoms with van der Waals surface area (Å²) in [6.45, 7) is 8.15. The lowest BCUT2D eigenvalue weighted by Gasteiger charge is -2.27. The summed E-state index contributed by atoms with van der Waals surface area (Å²) in [5.74, 6) is 0.987. The largest absolute Gasteiger partial charge is 0.492 e. The summed E-state index contributed by atoms with van der Waals surface area (Å²) in [7, 11) is 0. The average Bonchev–Trinajstić information content (AvgIpc) is 3.23. The van der Waals surface area contributed by atoms with Gasteiger partial charge in [0.1, 0.15) is 0 Å². The number of thiazole rings is 1. The Bertz CT molecular complexity index is 743. The van der Waals surface area contributed by atoms with E-state index >= 15 is 0 Å². The van der Waals surface area contributed by atoms with Gasteiger partial charge in [-0.25, -0.2) is 4.98 Å². The molecule has 3 aromatic rings. The summed E-state index contributed by atoms with van der Waals surface area (Å²) in [5, 5.41) is 17.1. The molecule has 0 aromatic carbocycles. The second kappa shape index (κ2) is 6.36. The highest BCUT2D eigenvalue weighted by Crippen LogP contribution is 2.41. The van der Waals surface area contributed by atoms with Crippen molar-refractivity contribution in [1.29, 1.82) is 0 Å². The Balaban J connectivity index is 2.11. The van der Waals surface area contributed by atoms with Crippen LogP contribution in [0, 0.1) is 0 Å². The van der Waals surface area contributed by atoms with E-state index in [9.17, 15) is 5.11 Å². The molecule has 0 saturated heterocycles. The number of rotatable bonds is 6. The maximum Gasteiger partial charge on any atom is 0.230 e. The van der Waals surface area contributed by atoms with Gasteiger partial charge in [-0.15, -0.1) is 16.4 Å². The highest BCUT2D eigenvalue weighted by atomic mass is 32.1. The van der Waals surface area contributed by atoms with Crippen molar-refractivity contribution in [2.45, 2.75) is 33.2 Å². The Morgan fingerprint density at radius 3 is 2.64 bits per heavy atom. The van der Waals surface area contributed by atoms with E-state index in [1.807, 2.05) is 6.92 Å². The number of aryl methyl sites for hydroxylation is 1. The molecular formula is C15H20N4OS2. The molecule has 5 nitrogen and oxygen atoms in total. The van der Waals surface area contributed by atoms with Gasteiger partial charge in [-0.2, -0.15) is 4.52 Å². The summed E-state index contributed by atoms with van der Waals surface area (Å²) in [6, 6.07) is 4.24. The first kappa shape index (κ1) is 15.5. The zero-order valence-corrected chi connectivity index (χ0v) is 14.6. The van der Waals surface area contributed by atoms with Crippen LogP contribution in [0.15, 0.2) is 17.5 Å². The summed E-state index contributed by atoms with van der Waals surface area (Å²) < 4.78 is 1.57. The third-order valence-electron chi connectivity index (χ3n) is 3.80. The van der Waals surface area contributed by atoms with Gasteiger partial charge in [0.05, 0.1) is 10.9 Å². The molecule has 0 aliphatic rings. The van der Waals surface area contributed by atoms with E-state index in [2.05, 4.69) is 46.3 Å². The van der Waals surface area contributed by atoms with Crippen LogP contribution in [0.25, 0.3) is 4.96 Å². The topological polar surface area (TPSA) is 53.7 Å². The van der Waals surface area contributed by atoms with Gasteiger partial charge in [0, 0.05) is 11.3 Å². The highest BCUT2D eigenvalue weighted by molar-refractivity contribution is 7.17. The number of aromatic nitrogens is 3. The van der Waals surface area contributed by atoms with Crippen LogP contribution in [0.3, 0.4) is 0 Å². The van der Waals surface area contributed by atoms with Gasteiger partial charge in [-0.05, 0) is 24.5 Å². The first-order valence-corrected chi connectivity index (χ1v) is 9.23. The normalized spacial score (nSPS) is 13.3. The van der Waals surface area contributed by atoms with E-state index in [0.29, 0.717) is 0 Å². The Kier molecular flexibility index (Phi) is 4.46.